The van der Waals surface area contributed by atoms with Crippen LogP contribution in [-0.2, 0) is 0 Å². The molecule has 3 aromatic rings. The van der Waals surface area contributed by atoms with Crippen molar-refractivity contribution in [3.8, 4) is 11.3 Å². The van der Waals surface area contributed by atoms with Crippen LogP contribution in [0.3, 0.4) is 0 Å². The zero-order valence-electron chi connectivity index (χ0n) is 11.3. The molecule has 0 aliphatic rings. The van der Waals surface area contributed by atoms with Crippen molar-refractivity contribution in [2.75, 3.05) is 0 Å². The number of para-hydroxylation sites is 1. The molecule has 102 valence electrons. The second-order valence-electron chi connectivity index (χ2n) is 4.51. The van der Waals surface area contributed by atoms with E-state index < -0.39 is 0 Å². The Balaban J connectivity index is 1.95. The molecule has 0 saturated heterocycles. The minimum atomic E-state index is 0.388. The van der Waals surface area contributed by atoms with E-state index in [9.17, 15) is 0 Å². The van der Waals surface area contributed by atoms with Crippen LogP contribution in [0.25, 0.3) is 11.3 Å². The summed E-state index contributed by atoms with van der Waals surface area (Å²) in [7, 11) is 0. The first-order valence-electron chi connectivity index (χ1n) is 6.65. The van der Waals surface area contributed by atoms with Crippen molar-refractivity contribution in [1.82, 2.24) is 4.98 Å². The number of halogens is 1. The average Bonchev–Trinajstić information content (AvgIpc) is 2.57. The molecule has 0 aliphatic heterocycles. The predicted octanol–water partition coefficient (Wildman–Crippen LogP) is 5.07. The monoisotopic (exact) mass is 292 g/mol. The molecule has 0 aliphatic carbocycles. The first-order chi connectivity index (χ1) is 10.3. The Morgan fingerprint density at radius 3 is 2.14 bits per heavy atom. The summed E-state index contributed by atoms with van der Waals surface area (Å²) < 4.78 is 0. The Bertz CT molecular complexity index is 752. The second kappa shape index (κ2) is 6.33. The van der Waals surface area contributed by atoms with Gasteiger partial charge in [-0.15, -0.1) is 0 Å². The van der Waals surface area contributed by atoms with Gasteiger partial charge in [-0.05, 0) is 24.3 Å². The number of rotatable bonds is 3. The fraction of sp³-hybridized carbons (Fsp3) is 0. The van der Waals surface area contributed by atoms with Crippen LogP contribution in [-0.4, -0.2) is 10.2 Å². The topological polar surface area (TPSA) is 25.2 Å². The van der Waals surface area contributed by atoms with Gasteiger partial charge in [0.2, 0.25) is 0 Å². The standard InChI is InChI=1S/C18H13ClN2/c19-18(20-15-10-5-2-6-11-15)17-13-7-12-16(21-17)14-8-3-1-4-9-14/h1-13H. The van der Waals surface area contributed by atoms with E-state index in [4.69, 9.17) is 11.6 Å². The van der Waals surface area contributed by atoms with E-state index in [1.165, 1.54) is 0 Å². The third-order valence-corrected chi connectivity index (χ3v) is 3.29. The molecule has 3 rings (SSSR count). The van der Waals surface area contributed by atoms with Crippen LogP contribution < -0.4 is 0 Å². The Kier molecular flexibility index (Phi) is 4.08. The summed E-state index contributed by atoms with van der Waals surface area (Å²) in [6.07, 6.45) is 0. The molecule has 0 N–H and O–H groups in total. The van der Waals surface area contributed by atoms with Crippen LogP contribution in [0.5, 0.6) is 0 Å². The number of nitrogens with zero attached hydrogens (tertiary/aromatic N) is 2. The number of hydrogen-bond donors (Lipinski definition) is 0. The minimum Gasteiger partial charge on any atom is -0.245 e. The van der Waals surface area contributed by atoms with Crippen LogP contribution in [0.1, 0.15) is 5.69 Å². The lowest BCUT2D eigenvalue weighted by Crippen LogP contribution is -1.96. The maximum absolute atomic E-state index is 6.29. The Hall–Kier alpha value is -2.45. The third-order valence-electron chi connectivity index (χ3n) is 3.01. The van der Waals surface area contributed by atoms with Crippen LogP contribution in [0, 0.1) is 0 Å². The zero-order chi connectivity index (χ0) is 14.5. The van der Waals surface area contributed by atoms with Gasteiger partial charge in [0.1, 0.15) is 5.69 Å². The summed E-state index contributed by atoms with van der Waals surface area (Å²) >= 11 is 6.29. The maximum Gasteiger partial charge on any atom is 0.155 e. The first kappa shape index (κ1) is 13.5. The highest BCUT2D eigenvalue weighted by atomic mass is 35.5. The van der Waals surface area contributed by atoms with Gasteiger partial charge in [-0.25, -0.2) is 9.98 Å². The van der Waals surface area contributed by atoms with Crippen LogP contribution in [0.15, 0.2) is 83.9 Å². The first-order valence-corrected chi connectivity index (χ1v) is 7.03. The van der Waals surface area contributed by atoms with Gasteiger partial charge in [0.25, 0.3) is 0 Å². The minimum absolute atomic E-state index is 0.388. The zero-order valence-corrected chi connectivity index (χ0v) is 12.0. The molecule has 0 bridgehead atoms. The highest BCUT2D eigenvalue weighted by Crippen LogP contribution is 2.19. The molecule has 1 aromatic heterocycles. The van der Waals surface area contributed by atoms with E-state index in [1.54, 1.807) is 0 Å². The lowest BCUT2D eigenvalue weighted by molar-refractivity contribution is 1.29. The summed E-state index contributed by atoms with van der Waals surface area (Å²) in [5.74, 6) is 0. The van der Waals surface area contributed by atoms with Gasteiger partial charge in [-0.2, -0.15) is 0 Å². The van der Waals surface area contributed by atoms with E-state index >= 15 is 0 Å². The summed E-state index contributed by atoms with van der Waals surface area (Å²) in [5.41, 5.74) is 3.43. The summed E-state index contributed by atoms with van der Waals surface area (Å²) in [6.45, 7) is 0. The van der Waals surface area contributed by atoms with Gasteiger partial charge in [0.15, 0.2) is 5.17 Å². The SMILES string of the molecule is ClC(=Nc1ccccc1)c1cccc(-c2ccccc2)n1. The number of aliphatic imine (C=N–C) groups is 1. The largest absolute Gasteiger partial charge is 0.245 e. The van der Waals surface area contributed by atoms with Crippen molar-refractivity contribution in [2.45, 2.75) is 0 Å². The molecule has 0 radical (unpaired) electrons. The molecule has 0 fully saturated rings. The second-order valence-corrected chi connectivity index (χ2v) is 4.87. The molecule has 1 heterocycles. The molecule has 21 heavy (non-hydrogen) atoms. The predicted molar refractivity (Wildman–Crippen MR) is 88.2 cm³/mol. The molecule has 0 atom stereocenters. The van der Waals surface area contributed by atoms with E-state index in [0.29, 0.717) is 10.9 Å². The van der Waals surface area contributed by atoms with Gasteiger partial charge < -0.3 is 0 Å². The number of pyridine rings is 1. The van der Waals surface area contributed by atoms with Crippen molar-refractivity contribution in [2.24, 2.45) is 4.99 Å². The molecule has 2 nitrogen and oxygen atoms in total. The molecular formula is C18H13ClN2. The average molecular weight is 293 g/mol. The Labute approximate surface area is 128 Å². The molecule has 0 amide bonds. The van der Waals surface area contributed by atoms with Crippen molar-refractivity contribution >= 4 is 22.5 Å². The van der Waals surface area contributed by atoms with Gasteiger partial charge in [0, 0.05) is 5.56 Å². The van der Waals surface area contributed by atoms with E-state index in [2.05, 4.69) is 9.98 Å². The summed E-state index contributed by atoms with van der Waals surface area (Å²) in [4.78, 5) is 8.96. The fourth-order valence-corrected chi connectivity index (χ4v) is 2.20. The number of aromatic nitrogens is 1. The Morgan fingerprint density at radius 2 is 1.43 bits per heavy atom. The lowest BCUT2D eigenvalue weighted by atomic mass is 10.1. The highest BCUT2D eigenvalue weighted by Gasteiger charge is 2.05. The van der Waals surface area contributed by atoms with Crippen molar-refractivity contribution in [1.29, 1.82) is 0 Å². The van der Waals surface area contributed by atoms with Crippen LogP contribution in [0.4, 0.5) is 5.69 Å². The van der Waals surface area contributed by atoms with E-state index in [-0.39, 0.29) is 0 Å². The summed E-state index contributed by atoms with van der Waals surface area (Å²) in [5, 5.41) is 0.388. The van der Waals surface area contributed by atoms with Crippen LogP contribution >= 0.6 is 11.6 Å². The van der Waals surface area contributed by atoms with Crippen LogP contribution in [0.2, 0.25) is 0 Å². The van der Waals surface area contributed by atoms with Gasteiger partial charge in [-0.1, -0.05) is 66.2 Å². The van der Waals surface area contributed by atoms with Gasteiger partial charge >= 0.3 is 0 Å². The number of hydrogen-bond acceptors (Lipinski definition) is 2. The molecule has 3 heteroatoms. The molecule has 0 saturated carbocycles. The summed E-state index contributed by atoms with van der Waals surface area (Å²) in [6, 6.07) is 25.4. The normalized spacial score (nSPS) is 11.4. The molecule has 0 spiro atoms. The smallest absolute Gasteiger partial charge is 0.155 e. The number of benzene rings is 2. The van der Waals surface area contributed by atoms with Crippen molar-refractivity contribution in [3.05, 3.63) is 84.6 Å². The van der Waals surface area contributed by atoms with E-state index in [1.807, 2.05) is 78.9 Å². The molecule has 0 unspecified atom stereocenters. The fourth-order valence-electron chi connectivity index (χ4n) is 1.99. The molecule has 2 aromatic carbocycles. The van der Waals surface area contributed by atoms with E-state index in [0.717, 1.165) is 16.9 Å². The maximum atomic E-state index is 6.29. The highest BCUT2D eigenvalue weighted by molar-refractivity contribution is 6.69. The Morgan fingerprint density at radius 1 is 0.762 bits per heavy atom. The molecular weight excluding hydrogens is 280 g/mol. The third kappa shape index (κ3) is 3.36. The van der Waals surface area contributed by atoms with Crippen molar-refractivity contribution in [3.63, 3.8) is 0 Å². The quantitative estimate of drug-likeness (QED) is 0.619. The lowest BCUT2D eigenvalue weighted by Gasteiger charge is -2.03. The van der Waals surface area contributed by atoms with Crippen molar-refractivity contribution < 1.29 is 0 Å². The van der Waals surface area contributed by atoms with Gasteiger partial charge in [0.05, 0.1) is 11.4 Å². The van der Waals surface area contributed by atoms with Gasteiger partial charge in [-0.3, -0.25) is 0 Å².